The van der Waals surface area contributed by atoms with Crippen molar-refractivity contribution in [2.45, 2.75) is 12.6 Å². The van der Waals surface area contributed by atoms with Crippen molar-refractivity contribution in [1.29, 1.82) is 0 Å². The molecule has 2 aromatic heterocycles. The van der Waals surface area contributed by atoms with Gasteiger partial charge in [0.1, 0.15) is 6.04 Å². The van der Waals surface area contributed by atoms with Gasteiger partial charge in [-0.25, -0.2) is 4.98 Å². The van der Waals surface area contributed by atoms with Crippen molar-refractivity contribution in [2.24, 2.45) is 5.73 Å². The van der Waals surface area contributed by atoms with E-state index < -0.39 is 12.0 Å². The third-order valence-corrected chi connectivity index (χ3v) is 3.68. The van der Waals surface area contributed by atoms with Gasteiger partial charge in [0.15, 0.2) is 5.13 Å². The van der Waals surface area contributed by atoms with Crippen molar-refractivity contribution >= 4 is 33.8 Å². The molecule has 0 fully saturated rings. The van der Waals surface area contributed by atoms with Gasteiger partial charge in [-0.05, 0) is 22.4 Å². The normalized spacial score (nSPS) is 12.3. The number of anilines is 1. The number of nitrogens with two attached hydrogens (primary N) is 1. The molecule has 90 valence electrons. The molecule has 2 aromatic rings. The molecule has 2 heterocycles. The van der Waals surface area contributed by atoms with Crippen LogP contribution >= 0.6 is 22.7 Å². The molecule has 0 bridgehead atoms. The summed E-state index contributed by atoms with van der Waals surface area (Å²) in [6, 6.07) is 0.970. The van der Waals surface area contributed by atoms with Gasteiger partial charge in [-0.15, -0.1) is 11.3 Å². The lowest BCUT2D eigenvalue weighted by Crippen LogP contribution is -2.20. The summed E-state index contributed by atoms with van der Waals surface area (Å²) in [6.45, 7) is 0.679. The second kappa shape index (κ2) is 5.26. The Morgan fingerprint density at radius 3 is 3.06 bits per heavy atom. The summed E-state index contributed by atoms with van der Waals surface area (Å²) in [5, 5.41) is 18.3. The zero-order valence-electron chi connectivity index (χ0n) is 8.79. The average molecular weight is 269 g/mol. The number of nitrogens with one attached hydrogen (secondary N) is 1. The van der Waals surface area contributed by atoms with Gasteiger partial charge in [0.25, 0.3) is 0 Å². The molecular weight excluding hydrogens is 258 g/mol. The van der Waals surface area contributed by atoms with E-state index in [0.29, 0.717) is 17.4 Å². The Labute approximate surface area is 106 Å². The predicted molar refractivity (Wildman–Crippen MR) is 68.3 cm³/mol. The minimum Gasteiger partial charge on any atom is -0.480 e. The van der Waals surface area contributed by atoms with Crippen LogP contribution in [0.5, 0.6) is 0 Å². The highest BCUT2D eigenvalue weighted by atomic mass is 32.1. The van der Waals surface area contributed by atoms with E-state index in [1.165, 1.54) is 16.9 Å². The topological polar surface area (TPSA) is 88.2 Å². The molecule has 0 aliphatic rings. The van der Waals surface area contributed by atoms with E-state index >= 15 is 0 Å². The Balaban J connectivity index is 1.96. The zero-order chi connectivity index (χ0) is 12.3. The fourth-order valence-electron chi connectivity index (χ4n) is 1.21. The molecule has 17 heavy (non-hydrogen) atoms. The monoisotopic (exact) mass is 269 g/mol. The van der Waals surface area contributed by atoms with Crippen molar-refractivity contribution in [3.05, 3.63) is 33.5 Å². The number of hydrogen-bond acceptors (Lipinski definition) is 6. The summed E-state index contributed by atoms with van der Waals surface area (Å²) in [4.78, 5) is 14.8. The van der Waals surface area contributed by atoms with Crippen molar-refractivity contribution in [2.75, 3.05) is 5.32 Å². The predicted octanol–water partition coefficient (Wildman–Crippen LogP) is 1.90. The van der Waals surface area contributed by atoms with E-state index in [2.05, 4.69) is 10.3 Å². The lowest BCUT2D eigenvalue weighted by atomic mass is 10.2. The number of carboxylic acids is 1. The Kier molecular flexibility index (Phi) is 3.72. The van der Waals surface area contributed by atoms with Crippen molar-refractivity contribution in [1.82, 2.24) is 4.98 Å². The largest absolute Gasteiger partial charge is 0.480 e. The highest BCUT2D eigenvalue weighted by Crippen LogP contribution is 2.20. The molecule has 0 aliphatic heterocycles. The maximum absolute atomic E-state index is 10.7. The van der Waals surface area contributed by atoms with Crippen LogP contribution < -0.4 is 11.1 Å². The molecule has 7 heteroatoms. The molecule has 1 unspecified atom stereocenters. The van der Waals surface area contributed by atoms with Gasteiger partial charge >= 0.3 is 5.97 Å². The maximum atomic E-state index is 10.7. The molecule has 5 nitrogen and oxygen atoms in total. The molecule has 0 aliphatic carbocycles. The van der Waals surface area contributed by atoms with Crippen LogP contribution in [0.4, 0.5) is 5.13 Å². The first-order valence-corrected chi connectivity index (χ1v) is 6.68. The number of thiazole rings is 1. The quantitative estimate of drug-likeness (QED) is 0.771. The molecule has 0 radical (unpaired) electrons. The first kappa shape index (κ1) is 12.0. The number of carbonyl (C=O) groups is 1. The third kappa shape index (κ3) is 3.02. The van der Waals surface area contributed by atoms with Crippen molar-refractivity contribution < 1.29 is 9.90 Å². The van der Waals surface area contributed by atoms with Gasteiger partial charge in [0.2, 0.25) is 0 Å². The van der Waals surface area contributed by atoms with Crippen LogP contribution in [0.3, 0.4) is 0 Å². The molecule has 4 N–H and O–H groups in total. The van der Waals surface area contributed by atoms with Crippen LogP contribution in [0.15, 0.2) is 22.2 Å². The Hall–Kier alpha value is -1.44. The molecule has 0 saturated carbocycles. The standard InChI is InChI=1S/C10H11N3O2S2/c11-8(9(14)15)7-5-17-10(13-7)12-3-6-1-2-16-4-6/h1-2,4-5,8H,3,11H2,(H,12,13)(H,14,15). The summed E-state index contributed by atoms with van der Waals surface area (Å²) >= 11 is 2.99. The molecule has 0 aromatic carbocycles. The highest BCUT2D eigenvalue weighted by Gasteiger charge is 2.17. The summed E-state index contributed by atoms with van der Waals surface area (Å²) in [7, 11) is 0. The van der Waals surface area contributed by atoms with E-state index in [-0.39, 0.29) is 0 Å². The van der Waals surface area contributed by atoms with Crippen LogP contribution in [0.25, 0.3) is 0 Å². The number of rotatable bonds is 5. The maximum Gasteiger partial charge on any atom is 0.326 e. The van der Waals surface area contributed by atoms with Crippen LogP contribution in [0.2, 0.25) is 0 Å². The number of nitrogens with zero attached hydrogens (tertiary/aromatic N) is 1. The van der Waals surface area contributed by atoms with Gasteiger partial charge in [-0.1, -0.05) is 0 Å². The number of aliphatic carboxylic acids is 1. The lowest BCUT2D eigenvalue weighted by molar-refractivity contribution is -0.138. The van der Waals surface area contributed by atoms with Crippen LogP contribution in [-0.4, -0.2) is 16.1 Å². The smallest absolute Gasteiger partial charge is 0.326 e. The van der Waals surface area contributed by atoms with Crippen molar-refractivity contribution in [3.8, 4) is 0 Å². The lowest BCUT2D eigenvalue weighted by Gasteiger charge is -2.01. The van der Waals surface area contributed by atoms with E-state index in [1.807, 2.05) is 16.8 Å². The minimum atomic E-state index is -1.07. The van der Waals surface area contributed by atoms with Gasteiger partial charge < -0.3 is 16.2 Å². The number of carboxylic acid groups (broad SMARTS) is 1. The molecule has 0 spiro atoms. The average Bonchev–Trinajstić information content (AvgIpc) is 2.96. The van der Waals surface area contributed by atoms with Gasteiger partial charge in [0.05, 0.1) is 5.69 Å². The SMILES string of the molecule is NC(C(=O)O)c1csc(NCc2ccsc2)n1. The number of aromatic nitrogens is 1. The van der Waals surface area contributed by atoms with E-state index in [9.17, 15) is 4.79 Å². The van der Waals surface area contributed by atoms with Gasteiger partial charge in [-0.2, -0.15) is 11.3 Å². The molecule has 0 saturated heterocycles. The Morgan fingerprint density at radius 1 is 1.59 bits per heavy atom. The fourth-order valence-corrected chi connectivity index (χ4v) is 2.62. The molecule has 1 atom stereocenters. The summed E-state index contributed by atoms with van der Waals surface area (Å²) < 4.78 is 0. The summed E-state index contributed by atoms with van der Waals surface area (Å²) in [6.07, 6.45) is 0. The highest BCUT2D eigenvalue weighted by molar-refractivity contribution is 7.13. The Morgan fingerprint density at radius 2 is 2.41 bits per heavy atom. The number of hydrogen-bond donors (Lipinski definition) is 3. The first-order valence-electron chi connectivity index (χ1n) is 4.85. The second-order valence-corrected chi connectivity index (χ2v) is 5.02. The minimum absolute atomic E-state index is 0.385. The molecular formula is C10H11N3O2S2. The van der Waals surface area contributed by atoms with Crippen LogP contribution in [0, 0.1) is 0 Å². The van der Waals surface area contributed by atoms with E-state index in [1.54, 1.807) is 16.7 Å². The summed E-state index contributed by atoms with van der Waals surface area (Å²) in [5.41, 5.74) is 7.02. The van der Waals surface area contributed by atoms with Crippen LogP contribution in [-0.2, 0) is 11.3 Å². The second-order valence-electron chi connectivity index (χ2n) is 3.38. The van der Waals surface area contributed by atoms with E-state index in [0.717, 1.165) is 0 Å². The van der Waals surface area contributed by atoms with E-state index in [4.69, 9.17) is 10.8 Å². The molecule has 2 rings (SSSR count). The van der Waals surface area contributed by atoms with Crippen LogP contribution in [0.1, 0.15) is 17.3 Å². The molecule has 0 amide bonds. The number of thiophene rings is 1. The summed E-state index contributed by atoms with van der Waals surface area (Å²) in [5.74, 6) is -1.07. The third-order valence-electron chi connectivity index (χ3n) is 2.13. The Bertz CT molecular complexity index is 495. The zero-order valence-corrected chi connectivity index (χ0v) is 10.4. The van der Waals surface area contributed by atoms with Gasteiger partial charge in [0, 0.05) is 11.9 Å². The van der Waals surface area contributed by atoms with Gasteiger partial charge in [-0.3, -0.25) is 4.79 Å². The fraction of sp³-hybridized carbons (Fsp3) is 0.200. The van der Waals surface area contributed by atoms with Crippen molar-refractivity contribution in [3.63, 3.8) is 0 Å². The first-order chi connectivity index (χ1) is 8.16.